The Labute approximate surface area is 157 Å². The molecule has 152 valence electrons. The Balaban J connectivity index is 0.00000210. The Morgan fingerprint density at radius 1 is 1.48 bits per heavy atom. The highest BCUT2D eigenvalue weighted by molar-refractivity contribution is 7.47. The summed E-state index contributed by atoms with van der Waals surface area (Å²) < 4.78 is 47.5. The number of ether oxygens (including phenoxy) is 2. The van der Waals surface area contributed by atoms with Crippen LogP contribution in [-0.2, 0) is 14.0 Å². The molecule has 0 aromatic carbocycles. The molecule has 0 aliphatic carbocycles. The second-order valence-corrected chi connectivity index (χ2v) is 8.03. The highest BCUT2D eigenvalue weighted by Gasteiger charge is 2.40. The van der Waals surface area contributed by atoms with Gasteiger partial charge in [-0.3, -0.25) is 0 Å². The normalized spacial score (nSPS) is 29.2. The molecule has 6 nitrogen and oxygen atoms in total. The fraction of sp³-hybridized carbons (Fsp3) is 1.00. The van der Waals surface area contributed by atoms with Crippen molar-refractivity contribution in [1.82, 2.24) is 9.76 Å². The van der Waals surface area contributed by atoms with Gasteiger partial charge in [-0.05, 0) is 41.5 Å². The Hall–Kier alpha value is 0.120. The molecule has 25 heavy (non-hydrogen) atoms. The second-order valence-electron chi connectivity index (χ2n) is 6.50. The van der Waals surface area contributed by atoms with Crippen molar-refractivity contribution in [3.63, 3.8) is 0 Å². The molecule has 0 saturated carbocycles. The van der Waals surface area contributed by atoms with Crippen molar-refractivity contribution in [3.05, 3.63) is 0 Å². The standard InChI is InChI=1S/C16H34FN2O3P.CH4O/c1-8-20-10-18-23(19(11(2)3)12(4)5)22-16-14(7)21-9-13(6)15(16)17;1-2/h11-16,18H,8-10H2,1-7H3;2H,1H3/t13-,14-,15+,16-,23?;/m1./s1/i7D;2T. The van der Waals surface area contributed by atoms with Gasteiger partial charge in [0.15, 0.2) is 8.45 Å². The monoisotopic (exact) mass is 387 g/mol. The Morgan fingerprint density at radius 3 is 2.56 bits per heavy atom. The van der Waals surface area contributed by atoms with E-state index in [1.54, 1.807) is 0 Å². The van der Waals surface area contributed by atoms with Crippen LogP contribution in [0.25, 0.3) is 0 Å². The van der Waals surface area contributed by atoms with Gasteiger partial charge in [0.1, 0.15) is 19.0 Å². The molecule has 1 fully saturated rings. The van der Waals surface area contributed by atoms with Crippen molar-refractivity contribution in [2.24, 2.45) is 5.92 Å². The molecule has 8 heteroatoms. The molecule has 1 aliphatic heterocycles. The molecule has 1 aliphatic rings. The number of rotatable bonds is 9. The van der Waals surface area contributed by atoms with Crippen molar-refractivity contribution in [2.45, 2.75) is 78.9 Å². The predicted molar refractivity (Wildman–Crippen MR) is 101 cm³/mol. The molecule has 0 radical (unpaired) electrons. The summed E-state index contributed by atoms with van der Waals surface area (Å²) >= 11 is 0. The van der Waals surface area contributed by atoms with Crippen LogP contribution in [0.3, 0.4) is 0 Å². The van der Waals surface area contributed by atoms with Crippen molar-refractivity contribution >= 4 is 8.45 Å². The number of alkyl halides is 1. The van der Waals surface area contributed by atoms with E-state index in [-0.39, 0.29) is 24.9 Å². The van der Waals surface area contributed by atoms with E-state index in [9.17, 15) is 4.39 Å². The van der Waals surface area contributed by atoms with Crippen LogP contribution in [0.4, 0.5) is 4.39 Å². The zero-order valence-electron chi connectivity index (χ0n) is 18.7. The van der Waals surface area contributed by atoms with Gasteiger partial charge in [-0.15, -0.1) is 0 Å². The van der Waals surface area contributed by atoms with Gasteiger partial charge in [0, 0.05) is 33.1 Å². The molecule has 1 rings (SSSR count). The Morgan fingerprint density at radius 2 is 2.08 bits per heavy atom. The predicted octanol–water partition coefficient (Wildman–Crippen LogP) is 3.30. The maximum absolute atomic E-state index is 14.7. The molecule has 0 amide bonds. The topological polar surface area (TPSA) is 63.2 Å². The average molecular weight is 387 g/mol. The number of nitrogens with zero attached hydrogens (tertiary/aromatic N) is 1. The lowest BCUT2D eigenvalue weighted by Gasteiger charge is -2.42. The summed E-state index contributed by atoms with van der Waals surface area (Å²) in [5, 5.41) is 6.77. The van der Waals surface area contributed by atoms with Gasteiger partial charge in [0.2, 0.25) is 1.43 Å². The number of aliphatic hydroxyl groups is 1. The molecule has 5 atom stereocenters. The maximum Gasteiger partial charge on any atom is 0.210 e. The van der Waals surface area contributed by atoms with Gasteiger partial charge >= 0.3 is 0 Å². The minimum absolute atomic E-state index is 0.00417. The minimum Gasteiger partial charge on any atom is -0.400 e. The van der Waals surface area contributed by atoms with Crippen LogP contribution >= 0.6 is 8.45 Å². The molecular formula is C17H38FN2O4P. The van der Waals surface area contributed by atoms with Gasteiger partial charge in [0.05, 0.1) is 12.7 Å². The fourth-order valence-electron chi connectivity index (χ4n) is 2.62. The maximum atomic E-state index is 14.7. The number of aliphatic hydroxyl groups excluding tert-OH is 1. The van der Waals surface area contributed by atoms with Crippen LogP contribution in [0, 0.1) is 5.92 Å². The van der Waals surface area contributed by atoms with Gasteiger partial charge in [-0.2, -0.15) is 0 Å². The SMILES string of the molecule is [2H]C[C@H]1OC[C@@H](C)[C@H](F)[C@@H]1OP(NCOCC)N(C(C)C)C(C)C.[3H]OC. The number of halogens is 1. The third-order valence-electron chi connectivity index (χ3n) is 3.79. The second kappa shape index (κ2) is 13.3. The van der Waals surface area contributed by atoms with Crippen LogP contribution in [0.1, 0.15) is 49.8 Å². The number of nitrogens with one attached hydrogen (secondary N) is 1. The molecule has 0 aromatic heterocycles. The molecule has 1 heterocycles. The summed E-state index contributed by atoms with van der Waals surface area (Å²) in [4.78, 5) is 0. The highest BCUT2D eigenvalue weighted by atomic mass is 31.2. The summed E-state index contributed by atoms with van der Waals surface area (Å²) in [6.07, 6.45) is -2.39. The van der Waals surface area contributed by atoms with E-state index < -0.39 is 26.8 Å². The number of hydrogen-bond acceptors (Lipinski definition) is 6. The van der Waals surface area contributed by atoms with E-state index in [2.05, 4.69) is 42.6 Å². The molecular weight excluding hydrogens is 346 g/mol. The first-order valence-corrected chi connectivity index (χ1v) is 10.1. The number of hydrogen-bond donors (Lipinski definition) is 2. The third-order valence-corrected chi connectivity index (χ3v) is 5.98. The molecule has 1 unspecified atom stereocenters. The zero-order valence-corrected chi connectivity index (χ0v) is 17.6. The van der Waals surface area contributed by atoms with E-state index in [4.69, 9.17) is 16.8 Å². The van der Waals surface area contributed by atoms with Gasteiger partial charge in [-0.25, -0.2) is 14.1 Å². The van der Waals surface area contributed by atoms with Crippen molar-refractivity contribution in [2.75, 3.05) is 27.1 Å². The van der Waals surface area contributed by atoms with E-state index in [1.165, 1.54) is 7.11 Å². The first kappa shape index (κ1) is 21.4. The molecule has 0 bridgehead atoms. The summed E-state index contributed by atoms with van der Waals surface area (Å²) in [6.45, 7) is 13.4. The summed E-state index contributed by atoms with van der Waals surface area (Å²) in [5.74, 6) is -0.229. The first-order valence-electron chi connectivity index (χ1n) is 9.97. The van der Waals surface area contributed by atoms with E-state index in [0.29, 0.717) is 19.9 Å². The van der Waals surface area contributed by atoms with Crippen molar-refractivity contribution in [1.29, 1.82) is 1.43 Å². The summed E-state index contributed by atoms with van der Waals surface area (Å²) in [5.41, 5.74) is 0. The summed E-state index contributed by atoms with van der Waals surface area (Å²) in [6, 6.07) is 0.472. The average Bonchev–Trinajstić information content (AvgIpc) is 2.59. The molecule has 0 spiro atoms. The smallest absolute Gasteiger partial charge is 0.210 e. The van der Waals surface area contributed by atoms with Crippen LogP contribution < -0.4 is 5.09 Å². The third kappa shape index (κ3) is 8.12. The molecule has 2 N–H and O–H groups in total. The van der Waals surface area contributed by atoms with Gasteiger partial charge in [0.25, 0.3) is 0 Å². The van der Waals surface area contributed by atoms with E-state index in [1.807, 2.05) is 13.8 Å². The Kier molecular flexibility index (Phi) is 11.4. The quantitative estimate of drug-likeness (QED) is 0.360. The van der Waals surface area contributed by atoms with E-state index >= 15 is 0 Å². The minimum atomic E-state index is -1.26. The van der Waals surface area contributed by atoms with Crippen molar-refractivity contribution in [3.8, 4) is 0 Å². The largest absolute Gasteiger partial charge is 0.400 e. The lowest BCUT2D eigenvalue weighted by Crippen LogP contribution is -2.48. The van der Waals surface area contributed by atoms with Gasteiger partial charge in [-0.1, -0.05) is 6.92 Å². The van der Waals surface area contributed by atoms with Crippen LogP contribution in [0.5, 0.6) is 0 Å². The van der Waals surface area contributed by atoms with Crippen LogP contribution in [-0.4, -0.2) is 68.7 Å². The van der Waals surface area contributed by atoms with Crippen LogP contribution in [0.15, 0.2) is 0 Å². The van der Waals surface area contributed by atoms with Gasteiger partial charge < -0.3 is 19.1 Å². The first-order chi connectivity index (χ1) is 12.7. The van der Waals surface area contributed by atoms with Crippen molar-refractivity contribution < 1.29 is 24.9 Å². The van der Waals surface area contributed by atoms with E-state index in [0.717, 1.165) is 0 Å². The summed E-state index contributed by atoms with van der Waals surface area (Å²) in [7, 11) is 0.0312. The lowest BCUT2D eigenvalue weighted by atomic mass is 9.96. The fourth-order valence-corrected chi connectivity index (χ4v) is 4.49. The molecule has 1 saturated heterocycles. The Bertz CT molecular complexity index is 366. The van der Waals surface area contributed by atoms with Crippen LogP contribution in [0.2, 0.25) is 0 Å². The highest BCUT2D eigenvalue weighted by Crippen LogP contribution is 2.44. The lowest BCUT2D eigenvalue weighted by molar-refractivity contribution is -0.118. The zero-order chi connectivity index (χ0) is 21.0. The molecule has 0 aromatic rings.